The van der Waals surface area contributed by atoms with Crippen LogP contribution in [0.1, 0.15) is 26.7 Å². The molecule has 16 heavy (non-hydrogen) atoms. The number of hydrogen-bond acceptors (Lipinski definition) is 3. The van der Waals surface area contributed by atoms with Gasteiger partial charge in [0.05, 0.1) is 0 Å². The summed E-state index contributed by atoms with van der Waals surface area (Å²) in [6, 6.07) is 0. The van der Waals surface area contributed by atoms with Gasteiger partial charge in [-0.05, 0) is 24.8 Å². The van der Waals surface area contributed by atoms with Gasteiger partial charge in [-0.3, -0.25) is 9.59 Å². The molecule has 0 spiro atoms. The summed E-state index contributed by atoms with van der Waals surface area (Å²) in [5.41, 5.74) is 5.58. The number of rotatable bonds is 7. The van der Waals surface area contributed by atoms with Gasteiger partial charge in [0, 0.05) is 13.5 Å². The molecule has 0 radical (unpaired) electrons. The molecule has 5 heteroatoms. The van der Waals surface area contributed by atoms with Crippen molar-refractivity contribution in [2.75, 3.05) is 20.1 Å². The van der Waals surface area contributed by atoms with Gasteiger partial charge in [0.25, 0.3) is 0 Å². The standard InChI is InChI=1S/C11H22N2O3/c1-8(2)4-9(6-12)5-10(14)13(3)7-11(15)16/h8-9H,4-7,12H2,1-3H3,(H,15,16)/t9-/m0/s1. The van der Waals surface area contributed by atoms with E-state index in [2.05, 4.69) is 13.8 Å². The number of likely N-dealkylation sites (N-methyl/N-ethyl adjacent to an activating group) is 1. The molecule has 0 aliphatic heterocycles. The molecule has 5 nitrogen and oxygen atoms in total. The smallest absolute Gasteiger partial charge is 0.323 e. The first kappa shape index (κ1) is 14.9. The van der Waals surface area contributed by atoms with Crippen molar-refractivity contribution in [2.24, 2.45) is 17.6 Å². The van der Waals surface area contributed by atoms with E-state index in [0.717, 1.165) is 6.42 Å². The fourth-order valence-electron chi connectivity index (χ4n) is 1.62. The van der Waals surface area contributed by atoms with Crippen molar-refractivity contribution >= 4 is 11.9 Å². The average Bonchev–Trinajstić information content (AvgIpc) is 2.14. The fourth-order valence-corrected chi connectivity index (χ4v) is 1.62. The highest BCUT2D eigenvalue weighted by atomic mass is 16.4. The molecule has 1 atom stereocenters. The quantitative estimate of drug-likeness (QED) is 0.668. The number of nitrogens with two attached hydrogens (primary N) is 1. The number of carboxylic acid groups (broad SMARTS) is 1. The number of aliphatic carboxylic acids is 1. The van der Waals surface area contributed by atoms with Crippen molar-refractivity contribution in [3.63, 3.8) is 0 Å². The molecule has 0 aliphatic rings. The maximum atomic E-state index is 11.6. The van der Waals surface area contributed by atoms with Crippen LogP contribution in [-0.4, -0.2) is 42.0 Å². The summed E-state index contributed by atoms with van der Waals surface area (Å²) in [7, 11) is 1.50. The second-order valence-electron chi connectivity index (χ2n) is 4.58. The summed E-state index contributed by atoms with van der Waals surface area (Å²) in [6.07, 6.45) is 1.22. The third kappa shape index (κ3) is 6.40. The Kier molecular flexibility index (Phi) is 6.72. The van der Waals surface area contributed by atoms with Crippen molar-refractivity contribution in [3.05, 3.63) is 0 Å². The lowest BCUT2D eigenvalue weighted by molar-refractivity contribution is -0.143. The molecule has 1 amide bonds. The lowest BCUT2D eigenvalue weighted by Crippen LogP contribution is -2.34. The molecule has 0 saturated carbocycles. The molecule has 0 aromatic heterocycles. The van der Waals surface area contributed by atoms with E-state index in [1.165, 1.54) is 11.9 Å². The molecule has 0 unspecified atom stereocenters. The molecule has 0 bridgehead atoms. The minimum absolute atomic E-state index is 0.142. The summed E-state index contributed by atoms with van der Waals surface area (Å²) >= 11 is 0. The predicted molar refractivity (Wildman–Crippen MR) is 61.9 cm³/mol. The topological polar surface area (TPSA) is 83.6 Å². The van der Waals surface area contributed by atoms with Gasteiger partial charge in [-0.1, -0.05) is 13.8 Å². The van der Waals surface area contributed by atoms with Crippen LogP contribution >= 0.6 is 0 Å². The molecule has 0 aromatic rings. The van der Waals surface area contributed by atoms with Crippen molar-refractivity contribution in [3.8, 4) is 0 Å². The molecular formula is C11H22N2O3. The zero-order chi connectivity index (χ0) is 12.7. The fraction of sp³-hybridized carbons (Fsp3) is 0.818. The van der Waals surface area contributed by atoms with Crippen molar-refractivity contribution in [2.45, 2.75) is 26.7 Å². The third-order valence-electron chi connectivity index (χ3n) is 2.40. The van der Waals surface area contributed by atoms with Gasteiger partial charge in [-0.2, -0.15) is 0 Å². The van der Waals surface area contributed by atoms with E-state index in [4.69, 9.17) is 10.8 Å². The lowest BCUT2D eigenvalue weighted by atomic mass is 9.94. The van der Waals surface area contributed by atoms with Gasteiger partial charge in [-0.25, -0.2) is 0 Å². The molecule has 3 N–H and O–H groups in total. The highest BCUT2D eigenvalue weighted by Crippen LogP contribution is 2.15. The first-order valence-electron chi connectivity index (χ1n) is 5.52. The minimum atomic E-state index is -0.996. The van der Waals surface area contributed by atoms with E-state index in [1.54, 1.807) is 0 Å². The Morgan fingerprint density at radius 1 is 1.38 bits per heavy atom. The number of amides is 1. The zero-order valence-corrected chi connectivity index (χ0v) is 10.3. The summed E-state index contributed by atoms with van der Waals surface area (Å²) in [6.45, 7) is 4.37. The van der Waals surface area contributed by atoms with Crippen LogP contribution in [0, 0.1) is 11.8 Å². The number of carboxylic acids is 1. The van der Waals surface area contributed by atoms with E-state index in [9.17, 15) is 9.59 Å². The molecule has 0 rings (SSSR count). The van der Waals surface area contributed by atoms with E-state index in [1.807, 2.05) is 0 Å². The average molecular weight is 230 g/mol. The molecule has 0 heterocycles. The largest absolute Gasteiger partial charge is 0.480 e. The highest BCUT2D eigenvalue weighted by Gasteiger charge is 2.18. The second-order valence-corrected chi connectivity index (χ2v) is 4.58. The summed E-state index contributed by atoms with van der Waals surface area (Å²) < 4.78 is 0. The van der Waals surface area contributed by atoms with Crippen molar-refractivity contribution in [1.82, 2.24) is 4.90 Å². The Bertz CT molecular complexity index is 241. The number of nitrogens with zero attached hydrogens (tertiary/aromatic N) is 1. The van der Waals surface area contributed by atoms with Gasteiger partial charge in [-0.15, -0.1) is 0 Å². The molecule has 0 saturated heterocycles. The maximum absolute atomic E-state index is 11.6. The summed E-state index contributed by atoms with van der Waals surface area (Å²) in [5.74, 6) is -0.516. The van der Waals surface area contributed by atoms with E-state index >= 15 is 0 Å². The zero-order valence-electron chi connectivity index (χ0n) is 10.3. The molecule has 0 aliphatic carbocycles. The highest BCUT2D eigenvalue weighted by molar-refractivity contribution is 5.81. The number of hydrogen-bond donors (Lipinski definition) is 2. The number of carbonyl (C=O) groups excluding carboxylic acids is 1. The molecule has 0 aromatic carbocycles. The Morgan fingerprint density at radius 2 is 1.94 bits per heavy atom. The maximum Gasteiger partial charge on any atom is 0.323 e. The second kappa shape index (κ2) is 7.22. The van der Waals surface area contributed by atoms with Crippen LogP contribution in [0.4, 0.5) is 0 Å². The van der Waals surface area contributed by atoms with Gasteiger partial charge in [0.2, 0.25) is 5.91 Å². The predicted octanol–water partition coefficient (Wildman–Crippen LogP) is 0.541. The number of carbonyl (C=O) groups is 2. The Morgan fingerprint density at radius 3 is 2.31 bits per heavy atom. The van der Waals surface area contributed by atoms with Gasteiger partial charge < -0.3 is 15.7 Å². The minimum Gasteiger partial charge on any atom is -0.480 e. The lowest BCUT2D eigenvalue weighted by Gasteiger charge is -2.20. The van der Waals surface area contributed by atoms with Crippen LogP contribution in [0.3, 0.4) is 0 Å². The molecule has 94 valence electrons. The summed E-state index contributed by atoms with van der Waals surface area (Å²) in [4.78, 5) is 23.3. The van der Waals surface area contributed by atoms with Crippen molar-refractivity contribution in [1.29, 1.82) is 0 Å². The van der Waals surface area contributed by atoms with Gasteiger partial charge in [0.1, 0.15) is 6.54 Å². The van der Waals surface area contributed by atoms with Crippen LogP contribution < -0.4 is 5.73 Å². The van der Waals surface area contributed by atoms with Crippen molar-refractivity contribution < 1.29 is 14.7 Å². The molecule has 0 fully saturated rings. The molecular weight excluding hydrogens is 208 g/mol. The monoisotopic (exact) mass is 230 g/mol. The van der Waals surface area contributed by atoms with Gasteiger partial charge >= 0.3 is 5.97 Å². The normalized spacial score (nSPS) is 12.6. The first-order chi connectivity index (χ1) is 7.36. The van der Waals surface area contributed by atoms with Gasteiger partial charge in [0.15, 0.2) is 0 Å². The summed E-state index contributed by atoms with van der Waals surface area (Å²) in [5, 5.41) is 8.55. The van der Waals surface area contributed by atoms with E-state index < -0.39 is 5.97 Å². The third-order valence-corrected chi connectivity index (χ3v) is 2.40. The van der Waals surface area contributed by atoms with Crippen LogP contribution in [0.25, 0.3) is 0 Å². The van der Waals surface area contributed by atoms with Crippen LogP contribution in [0.15, 0.2) is 0 Å². The first-order valence-corrected chi connectivity index (χ1v) is 5.52. The SMILES string of the molecule is CC(C)C[C@H](CN)CC(=O)N(C)CC(=O)O. The van der Waals surface area contributed by atoms with Crippen LogP contribution in [-0.2, 0) is 9.59 Å². The van der Waals surface area contributed by atoms with Crippen LogP contribution in [0.2, 0.25) is 0 Å². The Balaban J connectivity index is 4.13. The van der Waals surface area contributed by atoms with E-state index in [0.29, 0.717) is 18.9 Å². The van der Waals surface area contributed by atoms with Crippen LogP contribution in [0.5, 0.6) is 0 Å². The Labute approximate surface area is 96.6 Å². The Hall–Kier alpha value is -1.10. The van der Waals surface area contributed by atoms with E-state index in [-0.39, 0.29) is 18.4 Å².